The molecule has 4 nitrogen and oxygen atoms in total. The number of aromatic nitrogens is 1. The maximum absolute atomic E-state index is 4.42. The SMILES string of the molecule is Cc1[nH]c2ccccc2c1CCNC1=NCCCN1. The van der Waals surface area contributed by atoms with E-state index in [-0.39, 0.29) is 0 Å². The molecule has 0 unspecified atom stereocenters. The molecule has 1 aliphatic heterocycles. The number of para-hydroxylation sites is 1. The van der Waals surface area contributed by atoms with Gasteiger partial charge in [-0.05, 0) is 31.4 Å². The van der Waals surface area contributed by atoms with Crippen LogP contribution in [-0.4, -0.2) is 30.6 Å². The summed E-state index contributed by atoms with van der Waals surface area (Å²) in [5.74, 6) is 0.948. The minimum atomic E-state index is 0.911. The molecule has 4 heteroatoms. The van der Waals surface area contributed by atoms with E-state index in [0.717, 1.165) is 38.4 Å². The second-order valence-electron chi connectivity index (χ2n) is 4.96. The van der Waals surface area contributed by atoms with Crippen molar-refractivity contribution in [1.82, 2.24) is 15.6 Å². The number of fused-ring (bicyclic) bond motifs is 1. The average molecular weight is 256 g/mol. The molecule has 0 aliphatic carbocycles. The van der Waals surface area contributed by atoms with Gasteiger partial charge in [-0.3, -0.25) is 4.99 Å². The van der Waals surface area contributed by atoms with Gasteiger partial charge in [0.25, 0.3) is 0 Å². The van der Waals surface area contributed by atoms with Crippen LogP contribution in [0.3, 0.4) is 0 Å². The molecule has 3 N–H and O–H groups in total. The van der Waals surface area contributed by atoms with E-state index < -0.39 is 0 Å². The molecule has 0 saturated carbocycles. The molecule has 100 valence electrons. The number of nitrogens with zero attached hydrogens (tertiary/aromatic N) is 1. The second-order valence-corrected chi connectivity index (χ2v) is 4.96. The number of aliphatic imine (C=N–C) groups is 1. The maximum atomic E-state index is 4.42. The van der Waals surface area contributed by atoms with E-state index in [9.17, 15) is 0 Å². The van der Waals surface area contributed by atoms with Crippen LogP contribution in [0, 0.1) is 6.92 Å². The summed E-state index contributed by atoms with van der Waals surface area (Å²) in [5, 5.41) is 7.99. The molecule has 3 rings (SSSR count). The summed E-state index contributed by atoms with van der Waals surface area (Å²) < 4.78 is 0. The molecule has 0 saturated heterocycles. The number of hydrogen-bond donors (Lipinski definition) is 3. The monoisotopic (exact) mass is 256 g/mol. The highest BCUT2D eigenvalue weighted by molar-refractivity contribution is 5.84. The number of aromatic amines is 1. The van der Waals surface area contributed by atoms with E-state index in [0.29, 0.717) is 0 Å². The van der Waals surface area contributed by atoms with E-state index >= 15 is 0 Å². The summed E-state index contributed by atoms with van der Waals surface area (Å²) in [7, 11) is 0. The van der Waals surface area contributed by atoms with Crippen molar-refractivity contribution in [2.24, 2.45) is 4.99 Å². The average Bonchev–Trinajstić information content (AvgIpc) is 2.76. The van der Waals surface area contributed by atoms with Gasteiger partial charge in [-0.1, -0.05) is 18.2 Å². The van der Waals surface area contributed by atoms with Crippen molar-refractivity contribution in [2.75, 3.05) is 19.6 Å². The zero-order valence-electron chi connectivity index (χ0n) is 11.3. The molecule has 0 bridgehead atoms. The molecular formula is C15H20N4. The number of H-pyrrole nitrogens is 1. The van der Waals surface area contributed by atoms with Crippen LogP contribution in [-0.2, 0) is 6.42 Å². The molecular weight excluding hydrogens is 236 g/mol. The zero-order chi connectivity index (χ0) is 13.1. The predicted molar refractivity (Wildman–Crippen MR) is 79.7 cm³/mol. The van der Waals surface area contributed by atoms with Gasteiger partial charge < -0.3 is 15.6 Å². The summed E-state index contributed by atoms with van der Waals surface area (Å²) in [5.41, 5.74) is 3.89. The Morgan fingerprint density at radius 3 is 3.05 bits per heavy atom. The number of rotatable bonds is 3. The lowest BCUT2D eigenvalue weighted by molar-refractivity contribution is 0.700. The van der Waals surface area contributed by atoms with Gasteiger partial charge in [-0.15, -0.1) is 0 Å². The summed E-state index contributed by atoms with van der Waals surface area (Å²) >= 11 is 0. The minimum Gasteiger partial charge on any atom is -0.358 e. The highest BCUT2D eigenvalue weighted by Crippen LogP contribution is 2.21. The summed E-state index contributed by atoms with van der Waals surface area (Å²) in [4.78, 5) is 7.86. The Balaban J connectivity index is 1.68. The molecule has 19 heavy (non-hydrogen) atoms. The first-order valence-corrected chi connectivity index (χ1v) is 6.93. The van der Waals surface area contributed by atoms with Crippen LogP contribution >= 0.6 is 0 Å². The molecule has 0 radical (unpaired) electrons. The van der Waals surface area contributed by atoms with E-state index in [1.807, 2.05) is 0 Å². The van der Waals surface area contributed by atoms with Crippen LogP contribution in [0.2, 0.25) is 0 Å². The molecule has 0 amide bonds. The molecule has 0 atom stereocenters. The fourth-order valence-corrected chi connectivity index (χ4v) is 2.61. The van der Waals surface area contributed by atoms with Gasteiger partial charge in [0.1, 0.15) is 0 Å². The van der Waals surface area contributed by atoms with E-state index in [1.54, 1.807) is 0 Å². The van der Waals surface area contributed by atoms with Crippen LogP contribution in [0.1, 0.15) is 17.7 Å². The van der Waals surface area contributed by atoms with Gasteiger partial charge >= 0.3 is 0 Å². The topological polar surface area (TPSA) is 52.2 Å². The van der Waals surface area contributed by atoms with Crippen LogP contribution < -0.4 is 10.6 Å². The molecule has 2 aromatic rings. The largest absolute Gasteiger partial charge is 0.358 e. The van der Waals surface area contributed by atoms with Crippen molar-refractivity contribution in [3.8, 4) is 0 Å². The van der Waals surface area contributed by atoms with E-state index in [1.165, 1.54) is 22.2 Å². The smallest absolute Gasteiger partial charge is 0.191 e. The quantitative estimate of drug-likeness (QED) is 0.786. The predicted octanol–water partition coefficient (Wildman–Crippen LogP) is 1.96. The van der Waals surface area contributed by atoms with Gasteiger partial charge in [-0.25, -0.2) is 0 Å². The lowest BCUT2D eigenvalue weighted by atomic mass is 10.1. The van der Waals surface area contributed by atoms with Crippen LogP contribution in [0.25, 0.3) is 10.9 Å². The van der Waals surface area contributed by atoms with Crippen LogP contribution in [0.4, 0.5) is 0 Å². The molecule has 0 fully saturated rings. The van der Waals surface area contributed by atoms with E-state index in [4.69, 9.17) is 0 Å². The second kappa shape index (κ2) is 5.34. The number of benzene rings is 1. The van der Waals surface area contributed by atoms with Crippen molar-refractivity contribution in [2.45, 2.75) is 19.8 Å². The fraction of sp³-hybridized carbons (Fsp3) is 0.400. The minimum absolute atomic E-state index is 0.911. The zero-order valence-corrected chi connectivity index (χ0v) is 11.3. The molecule has 1 aromatic carbocycles. The first-order chi connectivity index (χ1) is 9.34. The van der Waals surface area contributed by atoms with Gasteiger partial charge in [0.2, 0.25) is 0 Å². The fourth-order valence-electron chi connectivity index (χ4n) is 2.61. The summed E-state index contributed by atoms with van der Waals surface area (Å²) in [6.45, 7) is 5.01. The van der Waals surface area contributed by atoms with E-state index in [2.05, 4.69) is 51.8 Å². The maximum Gasteiger partial charge on any atom is 0.191 e. The Kier molecular flexibility index (Phi) is 3.40. The van der Waals surface area contributed by atoms with Crippen molar-refractivity contribution in [3.63, 3.8) is 0 Å². The molecule has 2 heterocycles. The van der Waals surface area contributed by atoms with Crippen LogP contribution in [0.15, 0.2) is 29.3 Å². The number of nitrogens with one attached hydrogen (secondary N) is 3. The Labute approximate surface area is 113 Å². The standard InChI is InChI=1S/C15H20N4/c1-11-12(13-5-2-3-6-14(13)19-11)7-10-18-15-16-8-4-9-17-15/h2-3,5-6,19H,4,7-10H2,1H3,(H2,16,17,18). The first-order valence-electron chi connectivity index (χ1n) is 6.93. The number of hydrogen-bond acceptors (Lipinski definition) is 3. The van der Waals surface area contributed by atoms with Gasteiger partial charge in [0.15, 0.2) is 5.96 Å². The summed E-state index contributed by atoms with van der Waals surface area (Å²) in [6, 6.07) is 8.48. The highest BCUT2D eigenvalue weighted by Gasteiger charge is 2.08. The van der Waals surface area contributed by atoms with Crippen molar-refractivity contribution >= 4 is 16.9 Å². The third-order valence-corrected chi connectivity index (χ3v) is 3.59. The lowest BCUT2D eigenvalue weighted by Gasteiger charge is -2.15. The Bertz CT molecular complexity index is 597. The third-order valence-electron chi connectivity index (χ3n) is 3.59. The number of aryl methyl sites for hydroxylation is 1. The number of guanidine groups is 1. The Morgan fingerprint density at radius 2 is 2.21 bits per heavy atom. The van der Waals surface area contributed by atoms with Crippen LogP contribution in [0.5, 0.6) is 0 Å². The van der Waals surface area contributed by atoms with Crippen molar-refractivity contribution < 1.29 is 0 Å². The lowest BCUT2D eigenvalue weighted by Crippen LogP contribution is -2.41. The molecule has 1 aromatic heterocycles. The van der Waals surface area contributed by atoms with Gasteiger partial charge in [-0.2, -0.15) is 0 Å². The first kappa shape index (κ1) is 12.1. The normalized spacial score (nSPS) is 15.1. The Morgan fingerprint density at radius 1 is 1.32 bits per heavy atom. The Hall–Kier alpha value is -1.97. The van der Waals surface area contributed by atoms with Crippen molar-refractivity contribution in [3.05, 3.63) is 35.5 Å². The molecule has 1 aliphatic rings. The van der Waals surface area contributed by atoms with Gasteiger partial charge in [0, 0.05) is 36.2 Å². The molecule has 0 spiro atoms. The summed E-state index contributed by atoms with van der Waals surface area (Å²) in [6.07, 6.45) is 2.14. The third kappa shape index (κ3) is 2.57. The van der Waals surface area contributed by atoms with Crippen molar-refractivity contribution in [1.29, 1.82) is 0 Å². The highest BCUT2D eigenvalue weighted by atomic mass is 15.2. The van der Waals surface area contributed by atoms with Gasteiger partial charge in [0.05, 0.1) is 0 Å².